The van der Waals surface area contributed by atoms with Gasteiger partial charge < -0.3 is 4.90 Å². The normalized spacial score (nSPS) is 24.1. The fourth-order valence-electron chi connectivity index (χ4n) is 2.63. The van der Waals surface area contributed by atoms with E-state index in [1.807, 2.05) is 4.90 Å². The zero-order chi connectivity index (χ0) is 13.3. The van der Waals surface area contributed by atoms with Gasteiger partial charge in [-0.2, -0.15) is 0 Å². The molecule has 1 saturated heterocycles. The summed E-state index contributed by atoms with van der Waals surface area (Å²) in [5.74, 6) is -0.0119. The number of likely N-dealkylation sites (tertiary alicyclic amines) is 1. The summed E-state index contributed by atoms with van der Waals surface area (Å²) < 4.78 is 0. The van der Waals surface area contributed by atoms with Gasteiger partial charge in [0.25, 0.3) is 5.91 Å². The highest BCUT2D eigenvalue weighted by Gasteiger charge is 2.30. The van der Waals surface area contributed by atoms with Crippen LogP contribution in [0.25, 0.3) is 0 Å². The second-order valence-corrected chi connectivity index (χ2v) is 5.73. The molecular formula is C14H17Cl2NO. The number of hydrogen-bond acceptors (Lipinski definition) is 1. The second-order valence-electron chi connectivity index (χ2n) is 4.94. The molecule has 2 atom stereocenters. The summed E-state index contributed by atoms with van der Waals surface area (Å²) in [6.45, 7) is 4.18. The zero-order valence-electron chi connectivity index (χ0n) is 10.6. The van der Waals surface area contributed by atoms with Crippen LogP contribution in [0.4, 0.5) is 0 Å². The maximum absolute atomic E-state index is 12.6. The number of benzene rings is 1. The second kappa shape index (κ2) is 5.50. The molecule has 0 aliphatic carbocycles. The molecule has 2 rings (SSSR count). The van der Waals surface area contributed by atoms with Crippen molar-refractivity contribution in [3.8, 4) is 0 Å². The molecule has 18 heavy (non-hydrogen) atoms. The molecule has 1 aromatic carbocycles. The van der Waals surface area contributed by atoms with Crippen LogP contribution in [-0.2, 0) is 0 Å². The van der Waals surface area contributed by atoms with Crippen molar-refractivity contribution in [2.24, 2.45) is 0 Å². The molecule has 1 aromatic rings. The summed E-state index contributed by atoms with van der Waals surface area (Å²) in [6, 6.07) is 5.72. The van der Waals surface area contributed by atoms with Gasteiger partial charge in [-0.25, -0.2) is 0 Å². The molecule has 98 valence electrons. The van der Waals surface area contributed by atoms with Crippen molar-refractivity contribution in [2.45, 2.75) is 45.2 Å². The average molecular weight is 286 g/mol. The van der Waals surface area contributed by atoms with E-state index < -0.39 is 0 Å². The van der Waals surface area contributed by atoms with E-state index >= 15 is 0 Å². The maximum atomic E-state index is 12.6. The molecule has 0 radical (unpaired) electrons. The monoisotopic (exact) mass is 285 g/mol. The quantitative estimate of drug-likeness (QED) is 0.749. The lowest BCUT2D eigenvalue weighted by Crippen LogP contribution is -2.47. The van der Waals surface area contributed by atoms with E-state index in [0.717, 1.165) is 12.8 Å². The molecule has 1 amide bonds. The summed E-state index contributed by atoms with van der Waals surface area (Å²) in [4.78, 5) is 14.5. The van der Waals surface area contributed by atoms with Gasteiger partial charge in [0.15, 0.2) is 0 Å². The molecule has 4 heteroatoms. The number of halogens is 2. The van der Waals surface area contributed by atoms with Crippen molar-refractivity contribution < 1.29 is 4.79 Å². The van der Waals surface area contributed by atoms with Crippen molar-refractivity contribution in [1.82, 2.24) is 4.90 Å². The first-order valence-electron chi connectivity index (χ1n) is 6.29. The largest absolute Gasteiger partial charge is 0.333 e. The first kappa shape index (κ1) is 13.7. The van der Waals surface area contributed by atoms with Gasteiger partial charge in [0.1, 0.15) is 0 Å². The highest BCUT2D eigenvalue weighted by Crippen LogP contribution is 2.30. The standard InChI is InChI=1S/C14H17Cl2NO/c1-9-5-3-6-10(2)17(9)14(18)11-7-4-8-12(15)13(11)16/h4,7-10H,3,5-6H2,1-2H3/t9-,10-/m0/s1. The number of carbonyl (C=O) groups is 1. The minimum absolute atomic E-state index is 0.0119. The van der Waals surface area contributed by atoms with Crippen molar-refractivity contribution in [2.75, 3.05) is 0 Å². The molecular weight excluding hydrogens is 269 g/mol. The first-order chi connectivity index (χ1) is 8.52. The third-order valence-corrected chi connectivity index (χ3v) is 4.43. The summed E-state index contributed by atoms with van der Waals surface area (Å²) in [5.41, 5.74) is 0.504. The Bertz CT molecular complexity index is 451. The van der Waals surface area contributed by atoms with E-state index in [2.05, 4.69) is 13.8 Å². The minimum Gasteiger partial charge on any atom is -0.333 e. The summed E-state index contributed by atoms with van der Waals surface area (Å²) in [5, 5.41) is 0.786. The summed E-state index contributed by atoms with van der Waals surface area (Å²) >= 11 is 12.1. The number of rotatable bonds is 1. The first-order valence-corrected chi connectivity index (χ1v) is 7.04. The average Bonchev–Trinajstić information content (AvgIpc) is 2.32. The van der Waals surface area contributed by atoms with Crippen LogP contribution in [0.15, 0.2) is 18.2 Å². The Labute approximate surface area is 118 Å². The molecule has 0 spiro atoms. The summed E-state index contributed by atoms with van der Waals surface area (Å²) in [6.07, 6.45) is 3.28. The molecule has 0 bridgehead atoms. The number of nitrogens with zero attached hydrogens (tertiary/aromatic N) is 1. The van der Waals surface area contributed by atoms with Gasteiger partial charge in [-0.1, -0.05) is 29.3 Å². The fraction of sp³-hybridized carbons (Fsp3) is 0.500. The zero-order valence-corrected chi connectivity index (χ0v) is 12.1. The third kappa shape index (κ3) is 2.50. The van der Waals surface area contributed by atoms with E-state index in [9.17, 15) is 4.79 Å². The predicted molar refractivity (Wildman–Crippen MR) is 75.4 cm³/mol. The van der Waals surface area contributed by atoms with Crippen LogP contribution < -0.4 is 0 Å². The number of piperidine rings is 1. The Kier molecular flexibility index (Phi) is 4.18. The van der Waals surface area contributed by atoms with Gasteiger partial charge in [0, 0.05) is 12.1 Å². The third-order valence-electron chi connectivity index (χ3n) is 3.61. The fourth-order valence-corrected chi connectivity index (χ4v) is 3.01. The van der Waals surface area contributed by atoms with Crippen molar-refractivity contribution in [3.63, 3.8) is 0 Å². The predicted octanol–water partition coefficient (Wildman–Crippen LogP) is 4.40. The van der Waals surface area contributed by atoms with Gasteiger partial charge in [-0.3, -0.25) is 4.79 Å². The molecule has 1 aliphatic rings. The number of carbonyl (C=O) groups excluding carboxylic acids is 1. The Morgan fingerprint density at radius 2 is 1.83 bits per heavy atom. The topological polar surface area (TPSA) is 20.3 Å². The van der Waals surface area contributed by atoms with E-state index in [0.29, 0.717) is 15.6 Å². The number of hydrogen-bond donors (Lipinski definition) is 0. The maximum Gasteiger partial charge on any atom is 0.255 e. The molecule has 0 saturated carbocycles. The van der Waals surface area contributed by atoms with Crippen LogP contribution in [0.3, 0.4) is 0 Å². The van der Waals surface area contributed by atoms with E-state index in [1.165, 1.54) is 6.42 Å². The van der Waals surface area contributed by atoms with E-state index in [4.69, 9.17) is 23.2 Å². The van der Waals surface area contributed by atoms with Crippen molar-refractivity contribution >= 4 is 29.1 Å². The lowest BCUT2D eigenvalue weighted by molar-refractivity contribution is 0.0511. The van der Waals surface area contributed by atoms with Crippen LogP contribution in [0.5, 0.6) is 0 Å². The van der Waals surface area contributed by atoms with Crippen molar-refractivity contribution in [1.29, 1.82) is 0 Å². The van der Waals surface area contributed by atoms with Gasteiger partial charge >= 0.3 is 0 Å². The SMILES string of the molecule is C[C@H]1CCC[C@H](C)N1C(=O)c1cccc(Cl)c1Cl. The van der Waals surface area contributed by atoms with Gasteiger partial charge in [-0.15, -0.1) is 0 Å². The van der Waals surface area contributed by atoms with E-state index in [1.54, 1.807) is 18.2 Å². The molecule has 1 fully saturated rings. The minimum atomic E-state index is -0.0119. The molecule has 0 N–H and O–H groups in total. The van der Waals surface area contributed by atoms with Crippen LogP contribution in [-0.4, -0.2) is 22.9 Å². The smallest absolute Gasteiger partial charge is 0.255 e. The molecule has 0 aromatic heterocycles. The van der Waals surface area contributed by atoms with Crippen LogP contribution in [0.1, 0.15) is 43.5 Å². The van der Waals surface area contributed by atoms with Gasteiger partial charge in [-0.05, 0) is 45.2 Å². The van der Waals surface area contributed by atoms with Crippen molar-refractivity contribution in [3.05, 3.63) is 33.8 Å². The van der Waals surface area contributed by atoms with E-state index in [-0.39, 0.29) is 18.0 Å². The Hall–Kier alpha value is -0.730. The van der Waals surface area contributed by atoms with Crippen LogP contribution in [0.2, 0.25) is 10.0 Å². The Morgan fingerprint density at radius 3 is 2.44 bits per heavy atom. The highest BCUT2D eigenvalue weighted by atomic mass is 35.5. The molecule has 1 heterocycles. The van der Waals surface area contributed by atoms with Crippen LogP contribution in [0, 0.1) is 0 Å². The van der Waals surface area contributed by atoms with Crippen LogP contribution >= 0.6 is 23.2 Å². The highest BCUT2D eigenvalue weighted by molar-refractivity contribution is 6.43. The molecule has 1 aliphatic heterocycles. The van der Waals surface area contributed by atoms with Gasteiger partial charge in [0.2, 0.25) is 0 Å². The molecule has 2 nitrogen and oxygen atoms in total. The molecule has 0 unspecified atom stereocenters. The summed E-state index contributed by atoms with van der Waals surface area (Å²) in [7, 11) is 0. The van der Waals surface area contributed by atoms with Gasteiger partial charge in [0.05, 0.1) is 15.6 Å². The Balaban J connectivity index is 2.32. The lowest BCUT2D eigenvalue weighted by Gasteiger charge is -2.39. The lowest BCUT2D eigenvalue weighted by atomic mass is 9.96. The Morgan fingerprint density at radius 1 is 1.22 bits per heavy atom. The number of amides is 1.